The van der Waals surface area contributed by atoms with Crippen molar-refractivity contribution >= 4 is 29.8 Å². The molecule has 1 aliphatic rings. The first kappa shape index (κ1) is 25.7. The first-order valence-corrected chi connectivity index (χ1v) is 9.75. The van der Waals surface area contributed by atoms with E-state index >= 15 is 0 Å². The van der Waals surface area contributed by atoms with E-state index < -0.39 is 73.0 Å². The third-order valence-corrected chi connectivity index (χ3v) is 4.25. The fourth-order valence-corrected chi connectivity index (χ4v) is 3.04. The predicted octanol–water partition coefficient (Wildman–Crippen LogP) is 1.07. The number of hydrogen-bond acceptors (Lipinski definition) is 11. The fraction of sp³-hybridized carbons (Fsp3) is 0.476. The largest absolute Gasteiger partial charge is 0.463 e. The summed E-state index contributed by atoms with van der Waals surface area (Å²) in [6.45, 7) is 3.85. The van der Waals surface area contributed by atoms with Gasteiger partial charge < -0.3 is 28.4 Å². The van der Waals surface area contributed by atoms with Gasteiger partial charge in [0.05, 0.1) is 5.56 Å². The lowest BCUT2D eigenvalue weighted by atomic mass is 9.98. The second-order valence-electron chi connectivity index (χ2n) is 6.98. The van der Waals surface area contributed by atoms with Crippen molar-refractivity contribution in [2.75, 3.05) is 6.61 Å². The molecule has 12 heteroatoms. The maximum atomic E-state index is 13.2. The normalized spacial score (nSPS) is 24.2. The van der Waals surface area contributed by atoms with Crippen molar-refractivity contribution < 1.29 is 56.8 Å². The fourth-order valence-electron chi connectivity index (χ4n) is 3.04. The number of carbonyl (C=O) groups excluding carboxylic acids is 5. The molecule has 1 aliphatic heterocycles. The molecule has 0 amide bonds. The molecule has 1 saturated heterocycles. The number of rotatable bonds is 7. The second kappa shape index (κ2) is 11.4. The van der Waals surface area contributed by atoms with Crippen LogP contribution in [-0.4, -0.2) is 67.2 Å². The molecule has 11 nitrogen and oxygen atoms in total. The molecule has 1 heterocycles. The van der Waals surface area contributed by atoms with Crippen molar-refractivity contribution in [3.05, 3.63) is 35.6 Å². The highest BCUT2D eigenvalue weighted by molar-refractivity contribution is 5.89. The van der Waals surface area contributed by atoms with E-state index in [1.54, 1.807) is 0 Å². The van der Waals surface area contributed by atoms with Crippen LogP contribution in [0.2, 0.25) is 0 Å². The van der Waals surface area contributed by atoms with Crippen LogP contribution in [0.25, 0.3) is 0 Å². The summed E-state index contributed by atoms with van der Waals surface area (Å²) in [5, 5.41) is 0. The molecule has 0 radical (unpaired) electrons. The molecule has 2 rings (SSSR count). The summed E-state index contributed by atoms with van der Waals surface area (Å²) in [4.78, 5) is 59.0. The zero-order chi connectivity index (χ0) is 24.7. The van der Waals surface area contributed by atoms with E-state index in [9.17, 15) is 28.4 Å². The highest BCUT2D eigenvalue weighted by atomic mass is 19.1. The molecule has 180 valence electrons. The number of benzene rings is 1. The van der Waals surface area contributed by atoms with Gasteiger partial charge in [0.1, 0.15) is 18.5 Å². The summed E-state index contributed by atoms with van der Waals surface area (Å²) < 4.78 is 44.7. The first-order valence-electron chi connectivity index (χ1n) is 9.75. The molecule has 0 saturated carbocycles. The van der Waals surface area contributed by atoms with Crippen LogP contribution >= 0.6 is 0 Å². The molecule has 1 aromatic rings. The van der Waals surface area contributed by atoms with Gasteiger partial charge in [-0.2, -0.15) is 0 Å². The van der Waals surface area contributed by atoms with E-state index in [0.717, 1.165) is 52.0 Å². The topological polar surface area (TPSA) is 141 Å². The van der Waals surface area contributed by atoms with Gasteiger partial charge in [0.2, 0.25) is 12.4 Å². The van der Waals surface area contributed by atoms with E-state index in [4.69, 9.17) is 28.4 Å². The molecular weight excluding hydrogens is 447 g/mol. The molecule has 1 fully saturated rings. The summed E-state index contributed by atoms with van der Waals surface area (Å²) >= 11 is 0. The van der Waals surface area contributed by atoms with E-state index in [-0.39, 0.29) is 5.56 Å². The van der Waals surface area contributed by atoms with Crippen LogP contribution in [0.5, 0.6) is 0 Å². The number of halogens is 1. The van der Waals surface area contributed by atoms with Gasteiger partial charge in [-0.05, 0) is 24.3 Å². The van der Waals surface area contributed by atoms with Gasteiger partial charge in [-0.1, -0.05) is 0 Å². The zero-order valence-electron chi connectivity index (χ0n) is 18.3. The Morgan fingerprint density at radius 1 is 0.758 bits per heavy atom. The smallest absolute Gasteiger partial charge is 0.340 e. The van der Waals surface area contributed by atoms with Crippen molar-refractivity contribution in [3.8, 4) is 0 Å². The number of esters is 5. The molecular formula is C21H23FO11. The minimum Gasteiger partial charge on any atom is -0.463 e. The van der Waals surface area contributed by atoms with Crippen LogP contribution in [0.4, 0.5) is 4.39 Å². The van der Waals surface area contributed by atoms with Gasteiger partial charge in [-0.3, -0.25) is 19.2 Å². The highest BCUT2D eigenvalue weighted by Crippen LogP contribution is 2.30. The minimum atomic E-state index is -1.66. The minimum absolute atomic E-state index is 0.0516. The number of hydrogen-bond donors (Lipinski definition) is 0. The molecule has 0 N–H and O–H groups in total. The lowest BCUT2D eigenvalue weighted by Gasteiger charge is -2.43. The van der Waals surface area contributed by atoms with Crippen LogP contribution in [0.1, 0.15) is 38.1 Å². The monoisotopic (exact) mass is 470 g/mol. The lowest BCUT2D eigenvalue weighted by molar-refractivity contribution is -0.294. The summed E-state index contributed by atoms with van der Waals surface area (Å²) in [6.07, 6.45) is -7.33. The van der Waals surface area contributed by atoms with Gasteiger partial charge >= 0.3 is 29.8 Å². The maximum Gasteiger partial charge on any atom is 0.340 e. The average Bonchev–Trinajstić information content (AvgIpc) is 2.70. The van der Waals surface area contributed by atoms with Crippen LogP contribution in [0.15, 0.2) is 24.3 Å². The van der Waals surface area contributed by atoms with Crippen molar-refractivity contribution in [2.45, 2.75) is 58.4 Å². The van der Waals surface area contributed by atoms with Crippen molar-refractivity contribution in [1.82, 2.24) is 0 Å². The van der Waals surface area contributed by atoms with Gasteiger partial charge in [0.25, 0.3) is 0 Å². The molecule has 33 heavy (non-hydrogen) atoms. The predicted molar refractivity (Wildman–Crippen MR) is 104 cm³/mol. The van der Waals surface area contributed by atoms with Crippen LogP contribution in [-0.2, 0) is 47.6 Å². The molecule has 0 aromatic heterocycles. The first-order chi connectivity index (χ1) is 15.5. The lowest BCUT2D eigenvalue weighted by Crippen LogP contribution is -2.63. The van der Waals surface area contributed by atoms with E-state index in [1.807, 2.05) is 0 Å². The van der Waals surface area contributed by atoms with Gasteiger partial charge in [-0.15, -0.1) is 0 Å². The Morgan fingerprint density at radius 2 is 1.27 bits per heavy atom. The summed E-state index contributed by atoms with van der Waals surface area (Å²) in [6, 6.07) is 4.37. The van der Waals surface area contributed by atoms with E-state index in [0.29, 0.717) is 0 Å². The maximum absolute atomic E-state index is 13.2. The molecule has 5 atom stereocenters. The summed E-state index contributed by atoms with van der Waals surface area (Å²) in [5.41, 5.74) is -0.0516. The zero-order valence-corrected chi connectivity index (χ0v) is 18.3. The van der Waals surface area contributed by atoms with Crippen LogP contribution < -0.4 is 0 Å². The molecule has 0 unspecified atom stereocenters. The van der Waals surface area contributed by atoms with Gasteiger partial charge in [0, 0.05) is 27.7 Å². The summed E-state index contributed by atoms with van der Waals surface area (Å²) in [7, 11) is 0. The van der Waals surface area contributed by atoms with Crippen LogP contribution in [0.3, 0.4) is 0 Å². The third-order valence-electron chi connectivity index (χ3n) is 4.25. The van der Waals surface area contributed by atoms with E-state index in [2.05, 4.69) is 0 Å². The van der Waals surface area contributed by atoms with Gasteiger partial charge in [-0.25, -0.2) is 9.18 Å². The molecule has 0 bridgehead atoms. The number of ether oxygens (including phenoxy) is 6. The average molecular weight is 470 g/mol. The second-order valence-corrected chi connectivity index (χ2v) is 6.98. The number of carbonyl (C=O) groups is 5. The van der Waals surface area contributed by atoms with Crippen molar-refractivity contribution in [1.29, 1.82) is 0 Å². The molecule has 0 spiro atoms. The third kappa shape index (κ3) is 7.52. The Balaban J connectivity index is 2.42. The molecule has 0 aliphatic carbocycles. The van der Waals surface area contributed by atoms with Gasteiger partial charge in [0.15, 0.2) is 12.2 Å². The summed E-state index contributed by atoms with van der Waals surface area (Å²) in [5.74, 6) is -4.72. The van der Waals surface area contributed by atoms with E-state index in [1.165, 1.54) is 0 Å². The Kier molecular flexibility index (Phi) is 8.85. The Bertz CT molecular complexity index is 898. The van der Waals surface area contributed by atoms with Crippen molar-refractivity contribution in [3.63, 3.8) is 0 Å². The van der Waals surface area contributed by atoms with Crippen LogP contribution in [0, 0.1) is 5.82 Å². The Labute approximate surface area is 188 Å². The standard InChI is InChI=1S/C21H23FO11/c1-10(23)28-9-16-17(29-11(2)24)18(30-12(3)25)19(31-13(4)26)21(32-16)33-20(27)14-5-7-15(22)8-6-14/h5-8,16-19,21H,9H2,1-4H3/t16-,17+,18+,19-,21+/m1/s1. The van der Waals surface area contributed by atoms with Crippen molar-refractivity contribution in [2.24, 2.45) is 0 Å². The quantitative estimate of drug-likeness (QED) is 0.417. The Morgan fingerprint density at radius 3 is 1.79 bits per heavy atom. The highest BCUT2D eigenvalue weighted by Gasteiger charge is 2.53. The SMILES string of the molecule is CC(=O)OC[C@H]1O[C@@H](OC(=O)c2ccc(F)cc2)[C@H](OC(C)=O)[C@@H](OC(C)=O)[C@H]1OC(C)=O. The Hall–Kier alpha value is -3.54. The molecule has 1 aromatic carbocycles.